The van der Waals surface area contributed by atoms with E-state index in [0.29, 0.717) is 31.3 Å². The van der Waals surface area contributed by atoms with Crippen molar-refractivity contribution in [2.75, 3.05) is 31.1 Å². The Morgan fingerprint density at radius 2 is 1.83 bits per heavy atom. The Morgan fingerprint density at radius 3 is 2.69 bits per heavy atom. The fourth-order valence-electron chi connectivity index (χ4n) is 4.03. The minimum Gasteiger partial charge on any atom is -0.370 e. The van der Waals surface area contributed by atoms with E-state index >= 15 is 0 Å². The Kier molecular flexibility index (Phi) is 4.86. The van der Waals surface area contributed by atoms with Crippen LogP contribution in [0.3, 0.4) is 0 Å². The first kappa shape index (κ1) is 18.1. The van der Waals surface area contributed by atoms with Gasteiger partial charge in [-0.15, -0.1) is 0 Å². The molecule has 6 nitrogen and oxygen atoms in total. The normalized spacial score (nSPS) is 17.0. The molecular weight excluding hydrogens is 364 g/mol. The Balaban J connectivity index is 1.18. The Labute approximate surface area is 170 Å². The fraction of sp³-hybridized carbons (Fsp3) is 0.348. The van der Waals surface area contributed by atoms with Gasteiger partial charge in [-0.1, -0.05) is 42.5 Å². The molecule has 2 aromatic carbocycles. The van der Waals surface area contributed by atoms with E-state index < -0.39 is 0 Å². The summed E-state index contributed by atoms with van der Waals surface area (Å²) < 4.78 is 6.06. The average molecular weight is 388 g/mol. The molecule has 2 aliphatic rings. The minimum atomic E-state index is -0.0437. The van der Waals surface area contributed by atoms with Gasteiger partial charge in [-0.3, -0.25) is 4.79 Å². The van der Waals surface area contributed by atoms with E-state index in [-0.39, 0.29) is 12.0 Å². The van der Waals surface area contributed by atoms with E-state index in [1.807, 2.05) is 12.1 Å². The maximum Gasteiger partial charge on any atom is 0.272 e. The maximum absolute atomic E-state index is 12.8. The van der Waals surface area contributed by atoms with E-state index in [1.165, 1.54) is 16.3 Å². The molecule has 0 radical (unpaired) electrons. The molecule has 0 spiro atoms. The lowest BCUT2D eigenvalue weighted by Gasteiger charge is -2.38. The number of hydrogen-bond donors (Lipinski definition) is 0. The van der Waals surface area contributed by atoms with Crippen LogP contribution in [0.4, 0.5) is 5.95 Å². The fourth-order valence-corrected chi connectivity index (χ4v) is 4.03. The van der Waals surface area contributed by atoms with Gasteiger partial charge >= 0.3 is 0 Å². The van der Waals surface area contributed by atoms with Crippen molar-refractivity contribution in [3.05, 3.63) is 66.0 Å². The van der Waals surface area contributed by atoms with Crippen molar-refractivity contribution in [1.29, 1.82) is 0 Å². The number of amides is 1. The summed E-state index contributed by atoms with van der Waals surface area (Å²) in [5, 5.41) is 2.44. The highest BCUT2D eigenvalue weighted by atomic mass is 16.5. The number of fused-ring (bicyclic) bond motifs is 1. The van der Waals surface area contributed by atoms with Crippen molar-refractivity contribution in [2.45, 2.75) is 25.6 Å². The van der Waals surface area contributed by atoms with Gasteiger partial charge in [0.1, 0.15) is 5.69 Å². The number of nitrogens with zero attached hydrogens (tertiary/aromatic N) is 4. The molecule has 0 aliphatic carbocycles. The van der Waals surface area contributed by atoms with Gasteiger partial charge in [0, 0.05) is 32.4 Å². The van der Waals surface area contributed by atoms with Crippen LogP contribution in [0.25, 0.3) is 10.8 Å². The Morgan fingerprint density at radius 1 is 1.03 bits per heavy atom. The molecule has 3 aromatic rings. The van der Waals surface area contributed by atoms with Crippen LogP contribution in [0, 0.1) is 0 Å². The van der Waals surface area contributed by atoms with Gasteiger partial charge < -0.3 is 14.5 Å². The van der Waals surface area contributed by atoms with Crippen LogP contribution < -0.4 is 4.90 Å². The highest BCUT2D eigenvalue weighted by molar-refractivity contribution is 5.93. The second kappa shape index (κ2) is 7.79. The topological polar surface area (TPSA) is 58.6 Å². The van der Waals surface area contributed by atoms with Crippen LogP contribution in [-0.4, -0.2) is 53.1 Å². The molecule has 1 aromatic heterocycles. The molecule has 0 N–H and O–H groups in total. The van der Waals surface area contributed by atoms with E-state index in [0.717, 1.165) is 25.9 Å². The first-order valence-electron chi connectivity index (χ1n) is 10.2. The van der Waals surface area contributed by atoms with Crippen molar-refractivity contribution in [2.24, 2.45) is 0 Å². The minimum absolute atomic E-state index is 0.0437. The molecule has 2 aliphatic heterocycles. The predicted octanol–water partition coefficient (Wildman–Crippen LogP) is 3.27. The zero-order chi connectivity index (χ0) is 19.6. The van der Waals surface area contributed by atoms with Gasteiger partial charge in [-0.2, -0.15) is 0 Å². The lowest BCUT2D eigenvalue weighted by molar-refractivity contribution is -0.0501. The first-order valence-corrected chi connectivity index (χ1v) is 10.2. The molecule has 2 saturated heterocycles. The number of benzene rings is 2. The standard InChI is InChI=1S/C23H24N4O2/c28-22(21-10-11-24-23(25-21)26-12-3-4-13-26)27-14-19(15-27)29-16-18-8-5-7-17-6-1-2-9-20(17)18/h1-2,5-11,19H,3-4,12-16H2. The number of carbonyl (C=O) groups excluding carboxylic acids is 1. The number of rotatable bonds is 5. The third-order valence-electron chi connectivity index (χ3n) is 5.74. The van der Waals surface area contributed by atoms with Gasteiger partial charge in [0.05, 0.1) is 12.7 Å². The molecule has 5 rings (SSSR count). The van der Waals surface area contributed by atoms with Crippen LogP contribution in [0.5, 0.6) is 0 Å². The molecule has 3 heterocycles. The molecule has 6 heteroatoms. The molecular formula is C23H24N4O2. The zero-order valence-electron chi connectivity index (χ0n) is 16.3. The molecule has 0 saturated carbocycles. The summed E-state index contributed by atoms with van der Waals surface area (Å²) in [5.74, 6) is 0.621. The maximum atomic E-state index is 12.8. The van der Waals surface area contributed by atoms with Crippen LogP contribution >= 0.6 is 0 Å². The molecule has 0 bridgehead atoms. The lowest BCUT2D eigenvalue weighted by atomic mass is 10.1. The van der Waals surface area contributed by atoms with Gasteiger partial charge in [0.25, 0.3) is 5.91 Å². The van der Waals surface area contributed by atoms with E-state index in [1.54, 1.807) is 17.2 Å². The second-order valence-corrected chi connectivity index (χ2v) is 7.72. The second-order valence-electron chi connectivity index (χ2n) is 7.72. The zero-order valence-corrected chi connectivity index (χ0v) is 16.3. The summed E-state index contributed by atoms with van der Waals surface area (Å²) in [7, 11) is 0. The third kappa shape index (κ3) is 3.68. The van der Waals surface area contributed by atoms with E-state index in [2.05, 4.69) is 45.2 Å². The third-order valence-corrected chi connectivity index (χ3v) is 5.74. The molecule has 0 unspecified atom stereocenters. The quantitative estimate of drug-likeness (QED) is 0.671. The molecule has 1 amide bonds. The number of ether oxygens (including phenoxy) is 1. The number of carbonyl (C=O) groups is 1. The summed E-state index contributed by atoms with van der Waals surface area (Å²) in [6.45, 7) is 3.69. The number of aromatic nitrogens is 2. The number of anilines is 1. The van der Waals surface area contributed by atoms with E-state index in [9.17, 15) is 4.79 Å². The number of likely N-dealkylation sites (tertiary alicyclic amines) is 1. The van der Waals surface area contributed by atoms with Crippen molar-refractivity contribution in [3.63, 3.8) is 0 Å². The molecule has 0 atom stereocenters. The number of hydrogen-bond acceptors (Lipinski definition) is 5. The lowest BCUT2D eigenvalue weighted by Crippen LogP contribution is -2.54. The first-order chi connectivity index (χ1) is 14.3. The van der Waals surface area contributed by atoms with Crippen LogP contribution in [0.1, 0.15) is 28.9 Å². The van der Waals surface area contributed by atoms with Crippen molar-refractivity contribution >= 4 is 22.6 Å². The molecule has 2 fully saturated rings. The van der Waals surface area contributed by atoms with Crippen LogP contribution in [-0.2, 0) is 11.3 Å². The van der Waals surface area contributed by atoms with Gasteiger partial charge in [0.15, 0.2) is 0 Å². The van der Waals surface area contributed by atoms with Crippen molar-refractivity contribution < 1.29 is 9.53 Å². The highest BCUT2D eigenvalue weighted by Crippen LogP contribution is 2.22. The van der Waals surface area contributed by atoms with Crippen molar-refractivity contribution in [1.82, 2.24) is 14.9 Å². The van der Waals surface area contributed by atoms with Crippen molar-refractivity contribution in [3.8, 4) is 0 Å². The summed E-state index contributed by atoms with van der Waals surface area (Å²) in [5.41, 5.74) is 1.65. The molecule has 148 valence electrons. The average Bonchev–Trinajstić information content (AvgIpc) is 3.27. The summed E-state index contributed by atoms with van der Waals surface area (Å²) >= 11 is 0. The Bertz CT molecular complexity index is 1020. The van der Waals surface area contributed by atoms with Gasteiger partial charge in [-0.05, 0) is 35.2 Å². The smallest absolute Gasteiger partial charge is 0.272 e. The van der Waals surface area contributed by atoms with Gasteiger partial charge in [0.2, 0.25) is 5.95 Å². The summed E-state index contributed by atoms with van der Waals surface area (Å²) in [6.07, 6.45) is 4.06. The largest absolute Gasteiger partial charge is 0.370 e. The highest BCUT2D eigenvalue weighted by Gasteiger charge is 2.33. The molecule has 29 heavy (non-hydrogen) atoms. The predicted molar refractivity (Wildman–Crippen MR) is 112 cm³/mol. The monoisotopic (exact) mass is 388 g/mol. The van der Waals surface area contributed by atoms with Gasteiger partial charge in [-0.25, -0.2) is 9.97 Å². The summed E-state index contributed by atoms with van der Waals surface area (Å²) in [6, 6.07) is 16.3. The van der Waals surface area contributed by atoms with E-state index in [4.69, 9.17) is 4.74 Å². The SMILES string of the molecule is O=C(c1ccnc(N2CCCC2)n1)N1CC(OCc2cccc3ccccc23)C1. The summed E-state index contributed by atoms with van der Waals surface area (Å²) in [4.78, 5) is 25.5. The van der Waals surface area contributed by atoms with Crippen LogP contribution in [0.2, 0.25) is 0 Å². The van der Waals surface area contributed by atoms with Crippen LogP contribution in [0.15, 0.2) is 54.7 Å². The Hall–Kier alpha value is -2.99.